The molecule has 131 valence electrons. The molecule has 0 heterocycles. The third kappa shape index (κ3) is 3.70. The highest BCUT2D eigenvalue weighted by Gasteiger charge is 2.14. The number of carboxylic acid groups (broad SMARTS) is 1. The second-order valence-corrected chi connectivity index (χ2v) is 8.95. The van der Waals surface area contributed by atoms with Crippen LogP contribution in [0, 0.1) is 0 Å². The Morgan fingerprint density at radius 2 is 1.38 bits per heavy atom. The van der Waals surface area contributed by atoms with Crippen molar-refractivity contribution in [3.8, 4) is 28.0 Å². The number of aromatic carboxylic acids is 1. The van der Waals surface area contributed by atoms with Crippen molar-refractivity contribution in [1.29, 1.82) is 0 Å². The number of ether oxygens (including phenoxy) is 1. The van der Waals surface area contributed by atoms with Crippen molar-refractivity contribution in [2.24, 2.45) is 0 Å². The van der Waals surface area contributed by atoms with Gasteiger partial charge in [0.05, 0.1) is 21.5 Å². The van der Waals surface area contributed by atoms with Gasteiger partial charge in [-0.25, -0.2) is 4.79 Å². The first-order valence-electron chi connectivity index (χ1n) is 8.42. The van der Waals surface area contributed by atoms with Crippen LogP contribution in [0.1, 0.15) is 10.4 Å². The van der Waals surface area contributed by atoms with Gasteiger partial charge in [0, 0.05) is 0 Å². The van der Waals surface area contributed by atoms with Crippen LogP contribution >= 0.6 is 0 Å². The monoisotopic (exact) mass is 361 g/mol. The number of hydrogen-bond donors (Lipinski definition) is 1. The van der Waals surface area contributed by atoms with Crippen LogP contribution in [0.3, 0.4) is 0 Å². The number of carbonyl (C=O) groups is 1. The van der Waals surface area contributed by atoms with Gasteiger partial charge in [0.15, 0.2) is 0 Å². The van der Waals surface area contributed by atoms with E-state index in [4.69, 9.17) is 4.74 Å². The predicted molar refractivity (Wildman–Crippen MR) is 108 cm³/mol. The van der Waals surface area contributed by atoms with E-state index < -0.39 is 14.8 Å². The van der Waals surface area contributed by atoms with Crippen LogP contribution < -0.4 is 9.92 Å². The minimum Gasteiger partial charge on any atom is -0.497 e. The van der Waals surface area contributed by atoms with Gasteiger partial charge in [0.25, 0.3) is 0 Å². The normalized spacial score (nSPS) is 10.8. The van der Waals surface area contributed by atoms with Crippen molar-refractivity contribution in [1.82, 2.24) is 0 Å². The summed E-state index contributed by atoms with van der Waals surface area (Å²) in [5, 5.41) is 10.8. The molecule has 0 amide bonds. The van der Waals surface area contributed by atoms with Crippen molar-refractivity contribution < 1.29 is 14.6 Å². The molecule has 4 heteroatoms. The van der Waals surface area contributed by atoms with Gasteiger partial charge in [-0.2, -0.15) is 0 Å². The number of benzene rings is 3. The maximum atomic E-state index is 11.6. The van der Waals surface area contributed by atoms with Crippen LogP contribution in [0.5, 0.6) is 5.75 Å². The zero-order valence-corrected chi connectivity index (χ0v) is 16.1. The van der Waals surface area contributed by atoms with E-state index in [1.807, 2.05) is 60.7 Å². The molecule has 1 N–H and O–H groups in total. The molecule has 1 radical (unpaired) electrons. The van der Waals surface area contributed by atoms with Crippen LogP contribution in [0.2, 0.25) is 13.1 Å². The molecule has 0 aliphatic carbocycles. The summed E-state index contributed by atoms with van der Waals surface area (Å²) in [5.74, 6) is -0.0724. The molecule has 0 bridgehead atoms. The Morgan fingerprint density at radius 1 is 0.846 bits per heavy atom. The van der Waals surface area contributed by atoms with E-state index in [1.165, 1.54) is 5.19 Å². The summed E-state index contributed by atoms with van der Waals surface area (Å²) < 4.78 is 5.19. The first-order chi connectivity index (χ1) is 12.5. The Balaban J connectivity index is 1.99. The average Bonchev–Trinajstić information content (AvgIpc) is 2.67. The summed E-state index contributed by atoms with van der Waals surface area (Å²) in [6, 6.07) is 21.6. The van der Waals surface area contributed by atoms with Gasteiger partial charge in [-0.3, -0.25) is 0 Å². The van der Waals surface area contributed by atoms with E-state index in [2.05, 4.69) is 13.1 Å². The highest BCUT2D eigenvalue weighted by Crippen LogP contribution is 2.28. The molecule has 3 aromatic carbocycles. The summed E-state index contributed by atoms with van der Waals surface area (Å²) in [6.07, 6.45) is 0. The topological polar surface area (TPSA) is 46.5 Å². The fourth-order valence-corrected chi connectivity index (χ4v) is 3.76. The Labute approximate surface area is 155 Å². The maximum Gasteiger partial charge on any atom is 0.336 e. The largest absolute Gasteiger partial charge is 0.497 e. The zero-order valence-electron chi connectivity index (χ0n) is 15.1. The summed E-state index contributed by atoms with van der Waals surface area (Å²) in [7, 11) is 1.00. The SMILES string of the molecule is COc1ccc(-c2ccc(-c3cc([Si](C)C)ccc3C(=O)O)cc2)cc1. The molecule has 0 fully saturated rings. The molecule has 0 aliphatic rings. The van der Waals surface area contributed by atoms with Gasteiger partial charge in [-0.1, -0.05) is 66.8 Å². The summed E-state index contributed by atoms with van der Waals surface area (Å²) in [5.41, 5.74) is 4.22. The highest BCUT2D eigenvalue weighted by molar-refractivity contribution is 6.70. The van der Waals surface area contributed by atoms with Crippen LogP contribution in [-0.2, 0) is 0 Å². The van der Waals surface area contributed by atoms with E-state index in [9.17, 15) is 9.90 Å². The zero-order chi connectivity index (χ0) is 18.7. The Bertz CT molecular complexity index is 913. The van der Waals surface area contributed by atoms with Crippen LogP contribution in [0.15, 0.2) is 66.7 Å². The molecular weight excluding hydrogens is 340 g/mol. The molecular formula is C22H21O3Si. The van der Waals surface area contributed by atoms with Crippen molar-refractivity contribution in [2.45, 2.75) is 13.1 Å². The third-order valence-electron chi connectivity index (χ3n) is 4.45. The fourth-order valence-electron chi connectivity index (χ4n) is 2.91. The van der Waals surface area contributed by atoms with Gasteiger partial charge in [0.2, 0.25) is 0 Å². The first kappa shape index (κ1) is 18.0. The van der Waals surface area contributed by atoms with Gasteiger partial charge in [-0.05, 0) is 40.5 Å². The van der Waals surface area contributed by atoms with Gasteiger partial charge in [-0.15, -0.1) is 0 Å². The second-order valence-electron chi connectivity index (χ2n) is 6.37. The maximum absolute atomic E-state index is 11.6. The van der Waals surface area contributed by atoms with E-state index in [1.54, 1.807) is 13.2 Å². The Morgan fingerprint density at radius 3 is 1.88 bits per heavy atom. The minimum atomic E-state index is -0.897. The molecule has 3 aromatic rings. The number of carboxylic acids is 1. The lowest BCUT2D eigenvalue weighted by atomic mass is 9.97. The summed E-state index contributed by atoms with van der Waals surface area (Å²) in [6.45, 7) is 4.41. The molecule has 0 saturated carbocycles. The van der Waals surface area contributed by atoms with Crippen LogP contribution in [0.4, 0.5) is 0 Å². The molecule has 0 aliphatic heterocycles. The Hall–Kier alpha value is -2.85. The second kappa shape index (κ2) is 7.58. The van der Waals surface area contributed by atoms with Crippen molar-refractivity contribution in [3.63, 3.8) is 0 Å². The lowest BCUT2D eigenvalue weighted by Gasteiger charge is -2.12. The lowest BCUT2D eigenvalue weighted by molar-refractivity contribution is 0.0698. The van der Waals surface area contributed by atoms with E-state index in [-0.39, 0.29) is 0 Å². The molecule has 0 spiro atoms. The molecule has 0 saturated heterocycles. The smallest absolute Gasteiger partial charge is 0.336 e. The minimum absolute atomic E-state index is 0.342. The van der Waals surface area contributed by atoms with E-state index in [0.29, 0.717) is 5.56 Å². The summed E-state index contributed by atoms with van der Waals surface area (Å²) in [4.78, 5) is 11.6. The Kier molecular flexibility index (Phi) is 5.23. The van der Waals surface area contributed by atoms with E-state index >= 15 is 0 Å². The fraction of sp³-hybridized carbons (Fsp3) is 0.136. The highest BCUT2D eigenvalue weighted by atomic mass is 28.3. The van der Waals surface area contributed by atoms with Crippen molar-refractivity contribution in [2.75, 3.05) is 7.11 Å². The first-order valence-corrected chi connectivity index (χ1v) is 10.9. The standard InChI is InChI=1S/C22H21O3Si/c1-25-18-10-8-16(9-11-18)15-4-6-17(7-5-15)21-14-19(26(2)3)12-13-20(21)22(23)24/h4-14H,1-3H3,(H,23,24). The molecule has 26 heavy (non-hydrogen) atoms. The van der Waals surface area contributed by atoms with Gasteiger partial charge < -0.3 is 9.84 Å². The number of rotatable bonds is 5. The molecule has 3 nitrogen and oxygen atoms in total. The van der Waals surface area contributed by atoms with E-state index in [0.717, 1.165) is 28.0 Å². The van der Waals surface area contributed by atoms with Crippen molar-refractivity contribution in [3.05, 3.63) is 72.3 Å². The van der Waals surface area contributed by atoms with Gasteiger partial charge >= 0.3 is 5.97 Å². The molecule has 0 atom stereocenters. The van der Waals surface area contributed by atoms with Gasteiger partial charge in [0.1, 0.15) is 5.75 Å². The predicted octanol–water partition coefficient (Wildman–Crippen LogP) is 4.69. The van der Waals surface area contributed by atoms with Crippen molar-refractivity contribution >= 4 is 20.0 Å². The number of methoxy groups -OCH3 is 1. The quantitative estimate of drug-likeness (QED) is 0.671. The summed E-state index contributed by atoms with van der Waals surface area (Å²) >= 11 is 0. The van der Waals surface area contributed by atoms with Crippen LogP contribution in [-0.4, -0.2) is 27.0 Å². The third-order valence-corrected chi connectivity index (χ3v) is 5.91. The van der Waals surface area contributed by atoms with Crippen LogP contribution in [0.25, 0.3) is 22.3 Å². The average molecular weight is 361 g/mol. The molecule has 0 unspecified atom stereocenters. The number of hydrogen-bond acceptors (Lipinski definition) is 2. The molecule has 3 rings (SSSR count). The lowest BCUT2D eigenvalue weighted by Crippen LogP contribution is -2.23. The molecule has 0 aromatic heterocycles.